The lowest BCUT2D eigenvalue weighted by Crippen LogP contribution is -2.34. The third-order valence-electron chi connectivity index (χ3n) is 3.47. The molecule has 1 atom stereocenters. The molecule has 0 radical (unpaired) electrons. The van der Waals surface area contributed by atoms with Gasteiger partial charge in [0, 0.05) is 29.4 Å². The second kappa shape index (κ2) is 5.90. The number of aromatic nitrogens is 1. The zero-order chi connectivity index (χ0) is 14.7. The van der Waals surface area contributed by atoms with E-state index in [2.05, 4.69) is 9.88 Å². The number of carboxylic acids is 1. The van der Waals surface area contributed by atoms with Gasteiger partial charge in [-0.15, -0.1) is 0 Å². The van der Waals surface area contributed by atoms with Crippen LogP contribution in [0.5, 0.6) is 0 Å². The number of aliphatic carboxylic acids is 1. The Labute approximate surface area is 119 Å². The number of nitrogens with zero attached hydrogens (tertiary/aromatic N) is 2. The Bertz CT molecular complexity index is 625. The Hall–Kier alpha value is -2.10. The summed E-state index contributed by atoms with van der Waals surface area (Å²) in [6, 6.07) is 9.95. The van der Waals surface area contributed by atoms with Crippen LogP contribution in [-0.2, 0) is 4.79 Å². The number of para-hydroxylation sites is 1. The van der Waals surface area contributed by atoms with Crippen LogP contribution >= 0.6 is 0 Å². The van der Waals surface area contributed by atoms with Gasteiger partial charge < -0.3 is 10.0 Å². The van der Waals surface area contributed by atoms with E-state index in [0.717, 1.165) is 28.8 Å². The first-order chi connectivity index (χ1) is 9.52. The molecule has 0 spiro atoms. The first-order valence-electron chi connectivity index (χ1n) is 6.87. The number of hydrogen-bond donors (Lipinski definition) is 1. The second-order valence-electron chi connectivity index (χ2n) is 5.03. The lowest BCUT2D eigenvalue weighted by atomic mass is 10.1. The SMILES string of the molecule is CCN(c1cc(C)nc2ccccc12)C(C)CC(=O)O. The summed E-state index contributed by atoms with van der Waals surface area (Å²) in [4.78, 5) is 17.6. The Balaban J connectivity index is 2.51. The van der Waals surface area contributed by atoms with Gasteiger partial charge in [-0.25, -0.2) is 0 Å². The van der Waals surface area contributed by atoms with Gasteiger partial charge in [0.25, 0.3) is 0 Å². The van der Waals surface area contributed by atoms with Crippen molar-refractivity contribution in [3.05, 3.63) is 36.0 Å². The minimum atomic E-state index is -0.772. The predicted octanol–water partition coefficient (Wildman–Crippen LogP) is 3.23. The highest BCUT2D eigenvalue weighted by atomic mass is 16.4. The van der Waals surface area contributed by atoms with Crippen LogP contribution in [-0.4, -0.2) is 28.6 Å². The number of rotatable bonds is 5. The number of fused-ring (bicyclic) bond motifs is 1. The Morgan fingerprint density at radius 2 is 2.10 bits per heavy atom. The van der Waals surface area contributed by atoms with Crippen LogP contribution in [0.4, 0.5) is 5.69 Å². The fourth-order valence-corrected chi connectivity index (χ4v) is 2.61. The molecule has 0 saturated heterocycles. The van der Waals surface area contributed by atoms with Gasteiger partial charge in [0.05, 0.1) is 11.9 Å². The molecular weight excluding hydrogens is 252 g/mol. The van der Waals surface area contributed by atoms with Crippen molar-refractivity contribution in [1.29, 1.82) is 0 Å². The maximum Gasteiger partial charge on any atom is 0.305 e. The van der Waals surface area contributed by atoms with E-state index in [4.69, 9.17) is 5.11 Å². The van der Waals surface area contributed by atoms with Crippen LogP contribution in [0.3, 0.4) is 0 Å². The number of benzene rings is 1. The summed E-state index contributed by atoms with van der Waals surface area (Å²) in [5.74, 6) is -0.772. The van der Waals surface area contributed by atoms with Gasteiger partial charge in [-0.05, 0) is 32.9 Å². The van der Waals surface area contributed by atoms with Crippen molar-refractivity contribution in [3.8, 4) is 0 Å². The van der Waals surface area contributed by atoms with Crippen LogP contribution in [0.2, 0.25) is 0 Å². The van der Waals surface area contributed by atoms with E-state index in [1.165, 1.54) is 0 Å². The molecule has 1 N–H and O–H groups in total. The molecule has 4 nitrogen and oxygen atoms in total. The van der Waals surface area contributed by atoms with Gasteiger partial charge in [0.2, 0.25) is 0 Å². The molecule has 1 aromatic carbocycles. The topological polar surface area (TPSA) is 53.4 Å². The zero-order valence-corrected chi connectivity index (χ0v) is 12.1. The highest BCUT2D eigenvalue weighted by molar-refractivity contribution is 5.92. The standard InChI is InChI=1S/C16H20N2O2/c1-4-18(12(3)10-16(19)20)15-9-11(2)17-14-8-6-5-7-13(14)15/h5-9,12H,4,10H2,1-3H3,(H,19,20). The summed E-state index contributed by atoms with van der Waals surface area (Å²) in [5, 5.41) is 10.1. The number of aryl methyl sites for hydroxylation is 1. The summed E-state index contributed by atoms with van der Waals surface area (Å²) in [6.07, 6.45) is 0.129. The Morgan fingerprint density at radius 3 is 2.75 bits per heavy atom. The first kappa shape index (κ1) is 14.3. The van der Waals surface area contributed by atoms with Crippen molar-refractivity contribution in [1.82, 2.24) is 4.98 Å². The molecule has 0 amide bonds. The molecule has 1 aromatic heterocycles. The molecule has 20 heavy (non-hydrogen) atoms. The van der Waals surface area contributed by atoms with Crippen molar-refractivity contribution in [2.75, 3.05) is 11.4 Å². The highest BCUT2D eigenvalue weighted by Gasteiger charge is 2.18. The van der Waals surface area contributed by atoms with Gasteiger partial charge in [-0.1, -0.05) is 18.2 Å². The lowest BCUT2D eigenvalue weighted by Gasteiger charge is -2.30. The molecule has 1 unspecified atom stereocenters. The number of pyridine rings is 1. The van der Waals surface area contributed by atoms with Crippen LogP contribution < -0.4 is 4.90 Å². The van der Waals surface area contributed by atoms with E-state index >= 15 is 0 Å². The fraction of sp³-hybridized carbons (Fsp3) is 0.375. The molecule has 1 heterocycles. The van der Waals surface area contributed by atoms with Gasteiger partial charge >= 0.3 is 5.97 Å². The van der Waals surface area contributed by atoms with Gasteiger partial charge in [0.1, 0.15) is 0 Å². The molecule has 0 aliphatic rings. The Kier molecular flexibility index (Phi) is 4.23. The van der Waals surface area contributed by atoms with Crippen molar-refractivity contribution < 1.29 is 9.90 Å². The zero-order valence-electron chi connectivity index (χ0n) is 12.1. The lowest BCUT2D eigenvalue weighted by molar-refractivity contribution is -0.137. The monoisotopic (exact) mass is 272 g/mol. The molecule has 4 heteroatoms. The van der Waals surface area contributed by atoms with Gasteiger partial charge in [-0.3, -0.25) is 9.78 Å². The highest BCUT2D eigenvalue weighted by Crippen LogP contribution is 2.28. The van der Waals surface area contributed by atoms with Crippen molar-refractivity contribution in [2.45, 2.75) is 33.2 Å². The third kappa shape index (κ3) is 2.90. The smallest absolute Gasteiger partial charge is 0.305 e. The summed E-state index contributed by atoms with van der Waals surface area (Å²) in [6.45, 7) is 6.72. The summed E-state index contributed by atoms with van der Waals surface area (Å²) in [7, 11) is 0. The molecule has 2 rings (SSSR count). The third-order valence-corrected chi connectivity index (χ3v) is 3.47. The normalized spacial score (nSPS) is 12.3. The first-order valence-corrected chi connectivity index (χ1v) is 6.87. The summed E-state index contributed by atoms with van der Waals surface area (Å²) < 4.78 is 0. The minimum Gasteiger partial charge on any atom is -0.481 e. The fourth-order valence-electron chi connectivity index (χ4n) is 2.61. The largest absolute Gasteiger partial charge is 0.481 e. The number of carbonyl (C=O) groups is 1. The van der Waals surface area contributed by atoms with Crippen LogP contribution in [0, 0.1) is 6.92 Å². The summed E-state index contributed by atoms with van der Waals surface area (Å²) >= 11 is 0. The van der Waals surface area contributed by atoms with E-state index in [9.17, 15) is 4.79 Å². The van der Waals surface area contributed by atoms with Gasteiger partial charge in [-0.2, -0.15) is 0 Å². The average molecular weight is 272 g/mol. The second-order valence-corrected chi connectivity index (χ2v) is 5.03. The van der Waals surface area contributed by atoms with Crippen LogP contribution in [0.15, 0.2) is 30.3 Å². The molecule has 0 saturated carbocycles. The van der Waals surface area contributed by atoms with Gasteiger partial charge in [0.15, 0.2) is 0 Å². The van der Waals surface area contributed by atoms with E-state index in [1.54, 1.807) is 0 Å². The molecule has 0 aliphatic carbocycles. The number of anilines is 1. The predicted molar refractivity (Wildman–Crippen MR) is 81.2 cm³/mol. The minimum absolute atomic E-state index is 0.0530. The quantitative estimate of drug-likeness (QED) is 0.908. The number of hydrogen-bond acceptors (Lipinski definition) is 3. The molecule has 2 aromatic rings. The van der Waals surface area contributed by atoms with Crippen molar-refractivity contribution in [2.24, 2.45) is 0 Å². The maximum absolute atomic E-state index is 11.0. The molecule has 0 aliphatic heterocycles. The van der Waals surface area contributed by atoms with Crippen LogP contribution in [0.1, 0.15) is 26.0 Å². The molecule has 106 valence electrons. The molecule has 0 fully saturated rings. The number of carboxylic acid groups (broad SMARTS) is 1. The average Bonchev–Trinajstić information content (AvgIpc) is 2.38. The van der Waals surface area contributed by atoms with E-state index < -0.39 is 5.97 Å². The van der Waals surface area contributed by atoms with E-state index in [-0.39, 0.29) is 12.5 Å². The van der Waals surface area contributed by atoms with Crippen molar-refractivity contribution in [3.63, 3.8) is 0 Å². The molecular formula is C16H20N2O2. The molecule has 0 bridgehead atoms. The van der Waals surface area contributed by atoms with E-state index in [1.807, 2.05) is 51.1 Å². The van der Waals surface area contributed by atoms with Crippen molar-refractivity contribution >= 4 is 22.6 Å². The maximum atomic E-state index is 11.0. The Morgan fingerprint density at radius 1 is 1.40 bits per heavy atom. The van der Waals surface area contributed by atoms with Crippen LogP contribution in [0.25, 0.3) is 10.9 Å². The summed E-state index contributed by atoms with van der Waals surface area (Å²) in [5.41, 5.74) is 2.95. The van der Waals surface area contributed by atoms with E-state index in [0.29, 0.717) is 0 Å².